The zero-order chi connectivity index (χ0) is 28.0. The maximum atomic E-state index is 14.7. The van der Waals surface area contributed by atoms with E-state index in [-0.39, 0.29) is 16.9 Å². The highest BCUT2D eigenvalue weighted by molar-refractivity contribution is 5.81. The standard InChI is InChI=1S/C30H32FNO3.C2H6/c1-7-29(33)35-20-30(5,6)17-22(3)19-34-26-13-10-24(11-14-26)25-12-15-27(28(31)16-25)23(4)9-8-21(2)18-32;1-2/h7-16,22H,1-2,4,17,19-20H2,3,5-6H3;1-2H3/b9-8-;. The fraction of sp³-hybridized carbons (Fsp3) is 0.312. The molecule has 0 heterocycles. The summed E-state index contributed by atoms with van der Waals surface area (Å²) in [5, 5.41) is 8.77. The zero-order valence-electron chi connectivity index (χ0n) is 22.6. The summed E-state index contributed by atoms with van der Waals surface area (Å²) in [6, 6.07) is 14.4. The molecule has 2 aromatic rings. The average Bonchev–Trinajstić information content (AvgIpc) is 2.90. The first-order valence-electron chi connectivity index (χ1n) is 12.3. The molecule has 2 aromatic carbocycles. The Morgan fingerprint density at radius 2 is 1.73 bits per heavy atom. The van der Waals surface area contributed by atoms with Crippen LogP contribution in [0.5, 0.6) is 5.75 Å². The number of ether oxygens (including phenoxy) is 2. The van der Waals surface area contributed by atoms with Crippen molar-refractivity contribution in [1.29, 1.82) is 5.26 Å². The summed E-state index contributed by atoms with van der Waals surface area (Å²) < 4.78 is 25.8. The second-order valence-electron chi connectivity index (χ2n) is 9.31. The molecule has 0 amide bonds. The van der Waals surface area contributed by atoms with Gasteiger partial charge in [0.25, 0.3) is 0 Å². The zero-order valence-corrected chi connectivity index (χ0v) is 22.6. The number of carbonyl (C=O) groups is 1. The van der Waals surface area contributed by atoms with Gasteiger partial charge < -0.3 is 9.47 Å². The third-order valence-electron chi connectivity index (χ3n) is 5.34. The van der Waals surface area contributed by atoms with E-state index in [9.17, 15) is 9.18 Å². The topological polar surface area (TPSA) is 59.3 Å². The second-order valence-corrected chi connectivity index (χ2v) is 9.31. The third-order valence-corrected chi connectivity index (χ3v) is 5.34. The molecular weight excluding hydrogens is 465 g/mol. The Hall–Kier alpha value is -3.91. The number of esters is 1. The van der Waals surface area contributed by atoms with E-state index in [0.717, 1.165) is 23.3 Å². The molecule has 1 atom stereocenters. The van der Waals surface area contributed by atoms with Crippen LogP contribution >= 0.6 is 0 Å². The largest absolute Gasteiger partial charge is 0.493 e. The molecule has 4 nitrogen and oxygen atoms in total. The molecule has 1 unspecified atom stereocenters. The summed E-state index contributed by atoms with van der Waals surface area (Å²) in [7, 11) is 0. The van der Waals surface area contributed by atoms with Crippen molar-refractivity contribution in [2.24, 2.45) is 11.3 Å². The number of carbonyl (C=O) groups excluding carboxylic acids is 1. The van der Waals surface area contributed by atoms with Gasteiger partial charge in [-0.25, -0.2) is 9.18 Å². The summed E-state index contributed by atoms with van der Waals surface area (Å²) in [5.41, 5.74) is 2.53. The third kappa shape index (κ3) is 10.7. The van der Waals surface area contributed by atoms with Gasteiger partial charge >= 0.3 is 5.97 Å². The number of nitriles is 1. The lowest BCUT2D eigenvalue weighted by atomic mass is 9.84. The molecule has 0 aliphatic rings. The number of allylic oxidation sites excluding steroid dienone is 4. The second kappa shape index (κ2) is 15.3. The van der Waals surface area contributed by atoms with Crippen molar-refractivity contribution in [3.63, 3.8) is 0 Å². The molecule has 0 bridgehead atoms. The maximum absolute atomic E-state index is 14.7. The molecule has 0 N–H and O–H groups in total. The van der Waals surface area contributed by atoms with Crippen LogP contribution in [0.3, 0.4) is 0 Å². The van der Waals surface area contributed by atoms with Gasteiger partial charge in [-0.05, 0) is 58.7 Å². The summed E-state index contributed by atoms with van der Waals surface area (Å²) in [6.45, 7) is 21.9. The number of hydrogen-bond donors (Lipinski definition) is 0. The molecule has 0 saturated carbocycles. The molecule has 2 rings (SSSR count). The Morgan fingerprint density at radius 3 is 2.30 bits per heavy atom. The minimum atomic E-state index is -0.416. The molecular formula is C32H38FNO3. The SMILES string of the molecule is C=CC(=O)OCC(C)(C)CC(C)COc1ccc(-c2ccc(C(=C)/C=C\C(=C)C#N)c(F)c2)cc1.CC. The molecule has 0 saturated heterocycles. The Bertz CT molecular complexity index is 1150. The fourth-order valence-corrected chi connectivity index (χ4v) is 3.65. The number of hydrogen-bond acceptors (Lipinski definition) is 4. The monoisotopic (exact) mass is 503 g/mol. The Balaban J connectivity index is 0.00000334. The lowest BCUT2D eigenvalue weighted by molar-refractivity contribution is -0.141. The van der Waals surface area contributed by atoms with Gasteiger partial charge in [0.2, 0.25) is 0 Å². The highest BCUT2D eigenvalue weighted by Crippen LogP contribution is 2.29. The smallest absolute Gasteiger partial charge is 0.330 e. The molecule has 37 heavy (non-hydrogen) atoms. The highest BCUT2D eigenvalue weighted by Gasteiger charge is 2.23. The van der Waals surface area contributed by atoms with Crippen molar-refractivity contribution in [2.45, 2.75) is 41.0 Å². The van der Waals surface area contributed by atoms with Crippen LogP contribution in [0.15, 0.2) is 86.0 Å². The first-order chi connectivity index (χ1) is 17.5. The van der Waals surface area contributed by atoms with E-state index in [2.05, 4.69) is 26.7 Å². The van der Waals surface area contributed by atoms with Crippen LogP contribution in [-0.4, -0.2) is 19.2 Å². The first-order valence-corrected chi connectivity index (χ1v) is 12.3. The van der Waals surface area contributed by atoms with Gasteiger partial charge in [-0.3, -0.25) is 0 Å². The lowest BCUT2D eigenvalue weighted by Crippen LogP contribution is -2.25. The summed E-state index contributed by atoms with van der Waals surface area (Å²) in [5.74, 6) is 0.168. The van der Waals surface area contributed by atoms with Crippen molar-refractivity contribution in [1.82, 2.24) is 0 Å². The van der Waals surface area contributed by atoms with E-state index in [4.69, 9.17) is 14.7 Å². The summed E-state index contributed by atoms with van der Waals surface area (Å²) >= 11 is 0. The van der Waals surface area contributed by atoms with Gasteiger partial charge in [-0.2, -0.15) is 5.26 Å². The van der Waals surface area contributed by atoms with E-state index < -0.39 is 11.8 Å². The van der Waals surface area contributed by atoms with E-state index in [0.29, 0.717) is 24.4 Å². The Kier molecular flexibility index (Phi) is 12.8. The van der Waals surface area contributed by atoms with Gasteiger partial charge in [0.15, 0.2) is 0 Å². The van der Waals surface area contributed by atoms with Gasteiger partial charge in [0.05, 0.1) is 19.3 Å². The van der Waals surface area contributed by atoms with Crippen molar-refractivity contribution in [3.8, 4) is 22.9 Å². The Labute approximate surface area is 221 Å². The minimum absolute atomic E-state index is 0.174. The Morgan fingerprint density at radius 1 is 1.11 bits per heavy atom. The number of rotatable bonds is 12. The highest BCUT2D eigenvalue weighted by atomic mass is 19.1. The van der Waals surface area contributed by atoms with Gasteiger partial charge in [-0.1, -0.05) is 84.7 Å². The van der Waals surface area contributed by atoms with Crippen LogP contribution < -0.4 is 4.74 Å². The quantitative estimate of drug-likeness (QED) is 0.126. The van der Waals surface area contributed by atoms with Crippen molar-refractivity contribution in [3.05, 3.63) is 97.4 Å². The molecule has 0 spiro atoms. The van der Waals surface area contributed by atoms with Crippen LogP contribution in [0.2, 0.25) is 0 Å². The average molecular weight is 504 g/mol. The predicted molar refractivity (Wildman–Crippen MR) is 150 cm³/mol. The van der Waals surface area contributed by atoms with Crippen LogP contribution in [0.4, 0.5) is 4.39 Å². The van der Waals surface area contributed by atoms with Crippen molar-refractivity contribution < 1.29 is 18.7 Å². The summed E-state index contributed by atoms with van der Waals surface area (Å²) in [4.78, 5) is 11.3. The van der Waals surface area contributed by atoms with Crippen LogP contribution in [0.1, 0.15) is 46.6 Å². The number of halogens is 1. The lowest BCUT2D eigenvalue weighted by Gasteiger charge is -2.27. The molecule has 0 radical (unpaired) electrons. The van der Waals surface area contributed by atoms with Crippen LogP contribution in [0.25, 0.3) is 16.7 Å². The van der Waals surface area contributed by atoms with Gasteiger partial charge in [0.1, 0.15) is 11.6 Å². The van der Waals surface area contributed by atoms with Crippen LogP contribution in [0, 0.1) is 28.5 Å². The van der Waals surface area contributed by atoms with Crippen LogP contribution in [-0.2, 0) is 9.53 Å². The summed E-state index contributed by atoms with van der Waals surface area (Å²) in [6.07, 6.45) is 5.07. The molecule has 0 aliphatic carbocycles. The molecule has 0 aliphatic heterocycles. The minimum Gasteiger partial charge on any atom is -0.493 e. The van der Waals surface area contributed by atoms with Crippen molar-refractivity contribution in [2.75, 3.05) is 13.2 Å². The molecule has 5 heteroatoms. The van der Waals surface area contributed by atoms with Crippen molar-refractivity contribution >= 4 is 11.5 Å². The van der Waals surface area contributed by atoms with E-state index >= 15 is 0 Å². The predicted octanol–water partition coefficient (Wildman–Crippen LogP) is 8.33. The maximum Gasteiger partial charge on any atom is 0.330 e. The van der Waals surface area contributed by atoms with E-state index in [1.807, 2.05) is 64.1 Å². The van der Waals surface area contributed by atoms with E-state index in [1.165, 1.54) is 18.2 Å². The van der Waals surface area contributed by atoms with Gasteiger partial charge in [0, 0.05) is 17.2 Å². The van der Waals surface area contributed by atoms with Gasteiger partial charge in [-0.15, -0.1) is 0 Å². The number of nitrogens with zero attached hydrogens (tertiary/aromatic N) is 1. The molecule has 0 fully saturated rings. The number of benzene rings is 2. The molecule has 196 valence electrons. The fourth-order valence-electron chi connectivity index (χ4n) is 3.65. The van der Waals surface area contributed by atoms with E-state index in [1.54, 1.807) is 12.1 Å². The normalized spacial score (nSPS) is 11.5. The first kappa shape index (κ1) is 31.1. The molecule has 0 aromatic heterocycles.